The van der Waals surface area contributed by atoms with Gasteiger partial charge in [-0.1, -0.05) is 6.07 Å². The van der Waals surface area contributed by atoms with Crippen LogP contribution in [-0.2, 0) is 16.6 Å². The van der Waals surface area contributed by atoms with Gasteiger partial charge in [0.25, 0.3) is 0 Å². The summed E-state index contributed by atoms with van der Waals surface area (Å²) in [5.41, 5.74) is 3.31. The highest BCUT2D eigenvalue weighted by molar-refractivity contribution is 7.90. The number of nitrogens with zero attached hydrogens (tertiary/aromatic N) is 3. The van der Waals surface area contributed by atoms with Gasteiger partial charge in [-0.05, 0) is 61.6 Å². The number of aromatic nitrogens is 1. The fourth-order valence-corrected chi connectivity index (χ4v) is 6.38. The lowest BCUT2D eigenvalue weighted by Gasteiger charge is -2.27. The largest absolute Gasteiger partial charge is 0.362 e. The van der Waals surface area contributed by atoms with Gasteiger partial charge in [-0.25, -0.2) is 18.1 Å². The Bertz CT molecular complexity index is 1110. The molecule has 29 heavy (non-hydrogen) atoms. The van der Waals surface area contributed by atoms with Crippen LogP contribution in [0, 0.1) is 17.3 Å². The molecule has 0 saturated heterocycles. The molecule has 2 aliphatic carbocycles. The summed E-state index contributed by atoms with van der Waals surface area (Å²) < 4.78 is 41.3. The third-order valence-electron chi connectivity index (χ3n) is 6.19. The molecule has 6 nitrogen and oxygen atoms in total. The smallest absolute Gasteiger partial charge is 0.214 e. The Hall–Kier alpha value is -2.50. The molecule has 2 aromatic rings. The van der Waals surface area contributed by atoms with Crippen molar-refractivity contribution >= 4 is 15.7 Å². The second-order valence-electron chi connectivity index (χ2n) is 8.17. The van der Waals surface area contributed by atoms with E-state index in [0.29, 0.717) is 30.6 Å². The zero-order chi connectivity index (χ0) is 20.2. The molecule has 3 aliphatic rings. The minimum atomic E-state index is -3.26. The van der Waals surface area contributed by atoms with Gasteiger partial charge in [0, 0.05) is 23.7 Å². The van der Waals surface area contributed by atoms with Crippen LogP contribution in [0.5, 0.6) is 0 Å². The summed E-state index contributed by atoms with van der Waals surface area (Å²) in [6.07, 6.45) is 2.86. The lowest BCUT2D eigenvalue weighted by atomic mass is 9.96. The van der Waals surface area contributed by atoms with Crippen LogP contribution in [0.15, 0.2) is 36.4 Å². The highest BCUT2D eigenvalue weighted by Crippen LogP contribution is 2.50. The fraction of sp³-hybridized carbons (Fsp3) is 0.429. The zero-order valence-electron chi connectivity index (χ0n) is 15.8. The van der Waals surface area contributed by atoms with E-state index in [0.717, 1.165) is 24.1 Å². The van der Waals surface area contributed by atoms with Crippen LogP contribution in [-0.4, -0.2) is 30.7 Å². The standard InChI is InChI=1S/C21H21FN4O2S/c22-21-3-1-2-14(24-21)12-26-19-7-4-13(11-23)8-17(19)18-9-15(10-20(18)26)25-29(27,28)16-5-6-16/h1-4,7-8,15-16,18,20,25H,5-6,9-10,12H2/t15-,18?,20?/m0/s1. The lowest BCUT2D eigenvalue weighted by molar-refractivity contribution is 0.537. The monoisotopic (exact) mass is 412 g/mol. The van der Waals surface area contributed by atoms with Crippen LogP contribution >= 0.6 is 0 Å². The summed E-state index contributed by atoms with van der Waals surface area (Å²) >= 11 is 0. The summed E-state index contributed by atoms with van der Waals surface area (Å²) in [5, 5.41) is 9.06. The van der Waals surface area contributed by atoms with Crippen molar-refractivity contribution in [1.82, 2.24) is 9.71 Å². The van der Waals surface area contributed by atoms with Crippen molar-refractivity contribution in [2.24, 2.45) is 0 Å². The molecule has 8 heteroatoms. The van der Waals surface area contributed by atoms with Gasteiger partial charge in [0.05, 0.1) is 29.1 Å². The molecule has 2 heterocycles. The normalized spacial score (nSPS) is 25.5. The van der Waals surface area contributed by atoms with E-state index in [1.807, 2.05) is 12.1 Å². The summed E-state index contributed by atoms with van der Waals surface area (Å²) in [5.74, 6) is -0.376. The average molecular weight is 412 g/mol. The second kappa shape index (κ2) is 6.78. The van der Waals surface area contributed by atoms with E-state index in [1.165, 1.54) is 6.07 Å². The lowest BCUT2D eigenvalue weighted by Crippen LogP contribution is -2.38. The molecule has 0 bridgehead atoms. The highest BCUT2D eigenvalue weighted by Gasteiger charge is 2.47. The molecule has 0 radical (unpaired) electrons. The number of hydrogen-bond donors (Lipinski definition) is 1. The van der Waals surface area contributed by atoms with Crippen molar-refractivity contribution in [3.05, 3.63) is 59.2 Å². The first-order chi connectivity index (χ1) is 13.9. The molecule has 1 aromatic heterocycles. The molecule has 150 valence electrons. The van der Waals surface area contributed by atoms with Gasteiger partial charge < -0.3 is 4.90 Å². The molecule has 1 aromatic carbocycles. The number of hydrogen-bond acceptors (Lipinski definition) is 5. The summed E-state index contributed by atoms with van der Waals surface area (Å²) in [6, 6.07) is 12.6. The van der Waals surface area contributed by atoms with E-state index < -0.39 is 16.0 Å². The maximum absolute atomic E-state index is 13.6. The molecular formula is C21H21FN4O2S. The van der Waals surface area contributed by atoms with Gasteiger partial charge in [0.15, 0.2) is 0 Å². The Labute approximate surface area is 169 Å². The van der Waals surface area contributed by atoms with Crippen molar-refractivity contribution in [2.45, 2.75) is 55.5 Å². The number of pyridine rings is 1. The number of benzene rings is 1. The predicted octanol–water partition coefficient (Wildman–Crippen LogP) is 2.81. The minimum absolute atomic E-state index is 0.0934. The van der Waals surface area contributed by atoms with E-state index in [1.54, 1.807) is 18.2 Å². The van der Waals surface area contributed by atoms with Crippen molar-refractivity contribution in [3.8, 4) is 6.07 Å². The molecule has 1 N–H and O–H groups in total. The Morgan fingerprint density at radius 3 is 2.79 bits per heavy atom. The van der Waals surface area contributed by atoms with Crippen LogP contribution in [0.4, 0.5) is 10.1 Å². The number of nitriles is 1. The molecule has 3 atom stereocenters. The third kappa shape index (κ3) is 3.38. The molecule has 0 amide bonds. The van der Waals surface area contributed by atoms with E-state index in [2.05, 4.69) is 20.7 Å². The topological polar surface area (TPSA) is 86.1 Å². The molecule has 5 rings (SSSR count). The minimum Gasteiger partial charge on any atom is -0.362 e. The predicted molar refractivity (Wildman–Crippen MR) is 106 cm³/mol. The molecule has 2 unspecified atom stereocenters. The van der Waals surface area contributed by atoms with Crippen LogP contribution in [0.2, 0.25) is 0 Å². The van der Waals surface area contributed by atoms with Gasteiger partial charge in [-0.2, -0.15) is 9.65 Å². The Balaban J connectivity index is 1.45. The summed E-state index contributed by atoms with van der Waals surface area (Å²) in [4.78, 5) is 6.18. The van der Waals surface area contributed by atoms with Crippen molar-refractivity contribution in [2.75, 3.05) is 4.90 Å². The van der Waals surface area contributed by atoms with Crippen LogP contribution in [0.3, 0.4) is 0 Å². The summed E-state index contributed by atoms with van der Waals surface area (Å²) in [6.45, 7) is 0.444. The average Bonchev–Trinajstić information content (AvgIpc) is 3.43. The van der Waals surface area contributed by atoms with E-state index in [9.17, 15) is 18.1 Å². The van der Waals surface area contributed by atoms with Gasteiger partial charge >= 0.3 is 0 Å². The Morgan fingerprint density at radius 1 is 1.24 bits per heavy atom. The first kappa shape index (κ1) is 18.5. The van der Waals surface area contributed by atoms with E-state index >= 15 is 0 Å². The first-order valence-corrected chi connectivity index (χ1v) is 11.4. The molecule has 1 aliphatic heterocycles. The number of sulfonamides is 1. The van der Waals surface area contributed by atoms with Gasteiger partial charge in [0.1, 0.15) is 0 Å². The fourth-order valence-electron chi connectivity index (χ4n) is 4.77. The molecular weight excluding hydrogens is 391 g/mol. The maximum Gasteiger partial charge on any atom is 0.214 e. The van der Waals surface area contributed by atoms with Gasteiger partial charge in [-0.15, -0.1) is 0 Å². The van der Waals surface area contributed by atoms with Crippen LogP contribution in [0.1, 0.15) is 48.4 Å². The molecule has 2 saturated carbocycles. The summed E-state index contributed by atoms with van der Waals surface area (Å²) in [7, 11) is -3.26. The number of anilines is 1. The SMILES string of the molecule is N#Cc1ccc2c(c1)C1C[C@H](NS(=O)(=O)C3CC3)CC1N2Cc1cccc(F)n1. The van der Waals surface area contributed by atoms with Crippen molar-refractivity contribution < 1.29 is 12.8 Å². The molecule has 2 fully saturated rings. The Morgan fingerprint density at radius 2 is 2.07 bits per heavy atom. The number of fused-ring (bicyclic) bond motifs is 3. The number of halogens is 1. The van der Waals surface area contributed by atoms with E-state index in [-0.39, 0.29) is 23.3 Å². The quantitative estimate of drug-likeness (QED) is 0.764. The van der Waals surface area contributed by atoms with Crippen molar-refractivity contribution in [3.63, 3.8) is 0 Å². The zero-order valence-corrected chi connectivity index (χ0v) is 16.6. The van der Waals surface area contributed by atoms with Gasteiger partial charge in [-0.3, -0.25) is 0 Å². The maximum atomic E-state index is 13.6. The van der Waals surface area contributed by atoms with Crippen molar-refractivity contribution in [1.29, 1.82) is 5.26 Å². The van der Waals surface area contributed by atoms with Gasteiger partial charge in [0.2, 0.25) is 16.0 Å². The third-order valence-corrected chi connectivity index (χ3v) is 8.20. The second-order valence-corrected chi connectivity index (χ2v) is 10.2. The first-order valence-electron chi connectivity index (χ1n) is 9.88. The number of rotatable bonds is 5. The molecule has 0 spiro atoms. The number of nitrogens with one attached hydrogen (secondary N) is 1. The van der Waals surface area contributed by atoms with E-state index in [4.69, 9.17) is 0 Å². The highest BCUT2D eigenvalue weighted by atomic mass is 32.2. The van der Waals surface area contributed by atoms with Crippen LogP contribution in [0.25, 0.3) is 0 Å². The Kier molecular flexibility index (Phi) is 4.33. The van der Waals surface area contributed by atoms with Crippen LogP contribution < -0.4 is 9.62 Å².